The number of rotatable bonds is 1. The first-order valence-corrected chi connectivity index (χ1v) is 6.82. The molecule has 7 heavy (non-hydrogen) atoms. The van der Waals surface area contributed by atoms with Crippen molar-refractivity contribution in [3.63, 3.8) is 0 Å². The lowest BCUT2D eigenvalue weighted by molar-refractivity contribution is 0.640. The molecule has 0 saturated carbocycles. The van der Waals surface area contributed by atoms with Gasteiger partial charge in [-0.3, -0.25) is 0 Å². The number of nitrogens with zero attached hydrogens (tertiary/aromatic N) is 1. The van der Waals surface area contributed by atoms with Crippen LogP contribution in [0.25, 0.3) is 0 Å². The maximum absolute atomic E-state index is 3.66. The van der Waals surface area contributed by atoms with Crippen LogP contribution in [-0.2, 0) is 0 Å². The van der Waals surface area contributed by atoms with E-state index in [4.69, 9.17) is 0 Å². The monoisotopic (exact) mass is 130 g/mol. The van der Waals surface area contributed by atoms with Gasteiger partial charge in [-0.1, -0.05) is 13.1 Å². The molecule has 0 aromatic carbocycles. The van der Waals surface area contributed by atoms with Crippen LogP contribution in [0.4, 0.5) is 0 Å². The van der Waals surface area contributed by atoms with Gasteiger partial charge < -0.3 is 4.57 Å². The minimum Gasteiger partial charge on any atom is -0.332 e. The van der Waals surface area contributed by atoms with E-state index in [-0.39, 0.29) is 0 Å². The van der Waals surface area contributed by atoms with E-state index in [1.54, 1.807) is 0 Å². The molecule has 41 valence electrons. The van der Waals surface area contributed by atoms with Crippen LogP contribution in [0, 0.1) is 0 Å². The zero-order chi connectivity index (χ0) is 6.08. The van der Waals surface area contributed by atoms with Gasteiger partial charge in [-0.05, 0) is 14.1 Å². The fourth-order valence-electron chi connectivity index (χ4n) is 0. The fraction of sp³-hybridized carbons (Fsp3) is 1.00. The molecule has 0 aliphatic rings. The lowest BCUT2D eigenvalue weighted by Crippen LogP contribution is -2.44. The molecule has 0 aliphatic carbocycles. The van der Waals surface area contributed by atoms with Gasteiger partial charge in [-0.25, -0.2) is 0 Å². The third-order valence-corrected chi connectivity index (χ3v) is 4.70. The maximum atomic E-state index is 3.66. The summed E-state index contributed by atoms with van der Waals surface area (Å²) < 4.78 is 2.24. The zero-order valence-electron chi connectivity index (χ0n) is 5.45. The first kappa shape index (κ1) is 7.39. The molecule has 1 nitrogen and oxygen atoms in total. The lowest BCUT2D eigenvalue weighted by atomic mass is 11.3. The topological polar surface area (TPSA) is 3.24 Å². The van der Waals surface area contributed by atoms with Gasteiger partial charge in [0.2, 0.25) is 0 Å². The van der Waals surface area contributed by atoms with Crippen molar-refractivity contribution in [1.82, 2.24) is 4.57 Å². The van der Waals surface area contributed by atoms with Crippen LogP contribution in [0.2, 0.25) is 13.1 Å². The Morgan fingerprint density at radius 1 is 1.29 bits per heavy atom. The average molecular weight is 130 g/mol. The van der Waals surface area contributed by atoms with Crippen LogP contribution >= 0.6 is 0 Å². The summed E-state index contributed by atoms with van der Waals surface area (Å²) in [5, 5.41) is 0. The second-order valence-electron chi connectivity index (χ2n) is 2.45. The summed E-state index contributed by atoms with van der Waals surface area (Å²) in [6.07, 6.45) is 0. The Balaban J connectivity index is 3.54. The highest BCUT2D eigenvalue weighted by Gasteiger charge is 2.14. The van der Waals surface area contributed by atoms with Crippen LogP contribution in [0.5, 0.6) is 0 Å². The lowest BCUT2D eigenvalue weighted by Gasteiger charge is -2.24. The molecular formula is C4H12NSi2. The number of hydrogen-bond donors (Lipinski definition) is 0. The van der Waals surface area contributed by atoms with Crippen molar-refractivity contribution in [2.45, 2.75) is 13.1 Å². The van der Waals surface area contributed by atoms with Crippen LogP contribution < -0.4 is 0 Å². The van der Waals surface area contributed by atoms with E-state index in [1.807, 2.05) is 0 Å². The van der Waals surface area contributed by atoms with Gasteiger partial charge in [0.25, 0.3) is 0 Å². The largest absolute Gasteiger partial charge is 0.332 e. The molecule has 0 amide bonds. The Labute approximate surface area is 50.0 Å². The normalized spacial score (nSPS) is 12.9. The predicted molar refractivity (Wildman–Crippen MR) is 36.9 cm³/mol. The highest BCUT2D eigenvalue weighted by molar-refractivity contribution is 7.14. The Bertz CT molecular complexity index is 55.2. The average Bonchev–Trinajstić information content (AvgIpc) is 1.31. The molecule has 0 aromatic rings. The molecular weight excluding hydrogens is 118 g/mol. The van der Waals surface area contributed by atoms with E-state index in [1.165, 1.54) is 0 Å². The molecule has 0 rings (SSSR count). The van der Waals surface area contributed by atoms with Crippen molar-refractivity contribution in [3.05, 3.63) is 0 Å². The molecule has 3 heteroatoms. The van der Waals surface area contributed by atoms with E-state index in [0.717, 1.165) is 0 Å². The van der Waals surface area contributed by atoms with Gasteiger partial charge in [-0.2, -0.15) is 0 Å². The van der Waals surface area contributed by atoms with Crippen molar-refractivity contribution in [1.29, 1.82) is 0 Å². The highest BCUT2D eigenvalue weighted by atomic mass is 29.2. The SMILES string of the molecule is CN(C)[Si](C)(C)[Si]. The van der Waals surface area contributed by atoms with Crippen LogP contribution in [-0.4, -0.2) is 36.2 Å². The van der Waals surface area contributed by atoms with Gasteiger partial charge in [0.05, 0.1) is 0 Å². The molecule has 0 N–H and O–H groups in total. The molecule has 0 unspecified atom stereocenters. The van der Waals surface area contributed by atoms with E-state index in [9.17, 15) is 0 Å². The predicted octanol–water partition coefficient (Wildman–Crippen LogP) is 0.418. The smallest absolute Gasteiger partial charge is 0.102 e. The van der Waals surface area contributed by atoms with Crippen molar-refractivity contribution < 1.29 is 0 Å². The van der Waals surface area contributed by atoms with Crippen LogP contribution in [0.3, 0.4) is 0 Å². The molecule has 0 bridgehead atoms. The van der Waals surface area contributed by atoms with Crippen molar-refractivity contribution >= 4 is 17.5 Å². The summed E-state index contributed by atoms with van der Waals surface area (Å²) in [5.41, 5.74) is 0. The molecule has 0 spiro atoms. The van der Waals surface area contributed by atoms with E-state index >= 15 is 0 Å². The van der Waals surface area contributed by atoms with Gasteiger partial charge in [0.15, 0.2) is 0 Å². The zero-order valence-corrected chi connectivity index (χ0v) is 7.45. The molecule has 0 saturated heterocycles. The second-order valence-corrected chi connectivity index (χ2v) is 10.1. The van der Waals surface area contributed by atoms with Crippen molar-refractivity contribution in [3.8, 4) is 0 Å². The summed E-state index contributed by atoms with van der Waals surface area (Å²) >= 11 is 0. The maximum Gasteiger partial charge on any atom is 0.102 e. The van der Waals surface area contributed by atoms with Gasteiger partial charge >= 0.3 is 0 Å². The number of hydrogen-bond acceptors (Lipinski definition) is 1. The molecule has 3 radical (unpaired) electrons. The first-order valence-electron chi connectivity index (χ1n) is 2.37. The summed E-state index contributed by atoms with van der Waals surface area (Å²) in [6, 6.07) is 0. The minimum absolute atomic E-state index is 1.10. The summed E-state index contributed by atoms with van der Waals surface area (Å²) in [4.78, 5) is 0. The Hall–Kier alpha value is 0.394. The molecule has 0 fully saturated rings. The van der Waals surface area contributed by atoms with Gasteiger partial charge in [-0.15, -0.1) is 0 Å². The third-order valence-electron chi connectivity index (χ3n) is 1.12. The van der Waals surface area contributed by atoms with E-state index in [2.05, 4.69) is 41.5 Å². The standard InChI is InChI=1S/C4H12NSi2/c1-5(2)7(3,4)6/h1-4H3. The molecule has 0 atom stereocenters. The molecule has 0 aromatic heterocycles. The third kappa shape index (κ3) is 3.02. The first-order chi connectivity index (χ1) is 2.94. The molecule has 0 aliphatic heterocycles. The summed E-state index contributed by atoms with van der Waals surface area (Å²) in [6.45, 7) is 4.48. The van der Waals surface area contributed by atoms with Crippen LogP contribution in [0.1, 0.15) is 0 Å². The highest BCUT2D eigenvalue weighted by Crippen LogP contribution is 1.95. The van der Waals surface area contributed by atoms with E-state index in [0.29, 0.717) is 0 Å². The van der Waals surface area contributed by atoms with Crippen LogP contribution in [0.15, 0.2) is 0 Å². The van der Waals surface area contributed by atoms with Gasteiger partial charge in [0, 0.05) is 9.76 Å². The molecule has 0 heterocycles. The van der Waals surface area contributed by atoms with Crippen molar-refractivity contribution in [2.75, 3.05) is 14.1 Å². The van der Waals surface area contributed by atoms with Gasteiger partial charge in [0.1, 0.15) is 7.75 Å². The summed E-state index contributed by atoms with van der Waals surface area (Å²) in [5.74, 6) is 0. The quantitative estimate of drug-likeness (QED) is 0.465. The van der Waals surface area contributed by atoms with Crippen molar-refractivity contribution in [2.24, 2.45) is 0 Å². The second kappa shape index (κ2) is 2.11. The Morgan fingerprint density at radius 3 is 1.43 bits per heavy atom. The van der Waals surface area contributed by atoms with E-state index < -0.39 is 7.75 Å². The minimum atomic E-state index is -1.10. The Morgan fingerprint density at radius 2 is 1.43 bits per heavy atom. The summed E-state index contributed by atoms with van der Waals surface area (Å²) in [7, 11) is 6.75. The Kier molecular flexibility index (Phi) is 2.23. The fourth-order valence-corrected chi connectivity index (χ4v) is 0.